The second-order valence-corrected chi connectivity index (χ2v) is 6.98. The molecule has 2 aliphatic heterocycles. The van der Waals surface area contributed by atoms with Gasteiger partial charge in [0.15, 0.2) is 0 Å². The quantitative estimate of drug-likeness (QED) is 0.620. The van der Waals surface area contributed by atoms with Crippen LogP contribution in [0.3, 0.4) is 0 Å². The van der Waals surface area contributed by atoms with Crippen molar-refractivity contribution in [2.24, 2.45) is 0 Å². The van der Waals surface area contributed by atoms with Crippen molar-refractivity contribution in [3.63, 3.8) is 0 Å². The molecule has 1 aromatic rings. The third-order valence-electron chi connectivity index (χ3n) is 4.76. The molecule has 0 spiro atoms. The monoisotopic (exact) mass is 418 g/mol. The third-order valence-corrected chi connectivity index (χ3v) is 4.76. The third kappa shape index (κ3) is 5.50. The standard InChI is InChI=1S/C21H26N2O7/c1-3-27-20(25)18-13(2)22-21(26)23-17(18)12-30-19(24)14-6-8-15(9-7-14)29-11-16-5-4-10-28-16/h6-9,13,16H,3-5,10-12H2,1-2H3,(H2,22,23,26)/t13-,16+/m1/s1. The van der Waals surface area contributed by atoms with Crippen molar-refractivity contribution in [3.05, 3.63) is 41.1 Å². The molecule has 3 rings (SSSR count). The Morgan fingerprint density at radius 2 is 1.93 bits per heavy atom. The van der Waals surface area contributed by atoms with Gasteiger partial charge in [0.1, 0.15) is 19.0 Å². The number of ether oxygens (including phenoxy) is 4. The van der Waals surface area contributed by atoms with Gasteiger partial charge in [-0.05, 0) is 51.0 Å². The van der Waals surface area contributed by atoms with Gasteiger partial charge in [-0.15, -0.1) is 0 Å². The van der Waals surface area contributed by atoms with Crippen LogP contribution in [-0.4, -0.2) is 56.5 Å². The summed E-state index contributed by atoms with van der Waals surface area (Å²) in [6.07, 6.45) is 2.14. The number of amides is 2. The van der Waals surface area contributed by atoms with Gasteiger partial charge in [0.25, 0.3) is 0 Å². The Labute approximate surface area is 174 Å². The van der Waals surface area contributed by atoms with Gasteiger partial charge in [-0.3, -0.25) is 0 Å². The second-order valence-electron chi connectivity index (χ2n) is 6.98. The van der Waals surface area contributed by atoms with Gasteiger partial charge in [-0.1, -0.05) is 0 Å². The smallest absolute Gasteiger partial charge is 0.338 e. The van der Waals surface area contributed by atoms with Crippen LogP contribution >= 0.6 is 0 Å². The predicted octanol–water partition coefficient (Wildman–Crippen LogP) is 1.92. The summed E-state index contributed by atoms with van der Waals surface area (Å²) in [5.41, 5.74) is 0.753. The molecule has 0 bridgehead atoms. The zero-order chi connectivity index (χ0) is 21.5. The molecule has 9 nitrogen and oxygen atoms in total. The molecule has 0 unspecified atom stereocenters. The van der Waals surface area contributed by atoms with Crippen molar-refractivity contribution < 1.29 is 33.3 Å². The second kappa shape index (κ2) is 10.1. The number of hydrogen-bond donors (Lipinski definition) is 2. The van der Waals surface area contributed by atoms with E-state index in [2.05, 4.69) is 10.6 Å². The highest BCUT2D eigenvalue weighted by atomic mass is 16.5. The van der Waals surface area contributed by atoms with E-state index >= 15 is 0 Å². The van der Waals surface area contributed by atoms with Gasteiger partial charge in [0, 0.05) is 6.61 Å². The zero-order valence-electron chi connectivity index (χ0n) is 17.1. The van der Waals surface area contributed by atoms with Gasteiger partial charge in [-0.25, -0.2) is 14.4 Å². The topological polar surface area (TPSA) is 112 Å². The summed E-state index contributed by atoms with van der Waals surface area (Å²) >= 11 is 0. The minimum atomic E-state index is -0.586. The molecule has 2 N–H and O–H groups in total. The number of rotatable bonds is 8. The summed E-state index contributed by atoms with van der Waals surface area (Å²) in [4.78, 5) is 36.3. The Balaban J connectivity index is 1.59. The summed E-state index contributed by atoms with van der Waals surface area (Å²) < 4.78 is 21.5. The molecular formula is C21H26N2O7. The van der Waals surface area contributed by atoms with Crippen LogP contribution in [0.4, 0.5) is 4.79 Å². The van der Waals surface area contributed by atoms with Gasteiger partial charge < -0.3 is 29.6 Å². The summed E-state index contributed by atoms with van der Waals surface area (Å²) in [6, 6.07) is 5.52. The van der Waals surface area contributed by atoms with Crippen LogP contribution in [0.15, 0.2) is 35.5 Å². The summed E-state index contributed by atoms with van der Waals surface area (Å²) in [7, 11) is 0. The van der Waals surface area contributed by atoms with E-state index in [0.717, 1.165) is 19.4 Å². The van der Waals surface area contributed by atoms with Crippen molar-refractivity contribution in [3.8, 4) is 5.75 Å². The first kappa shape index (κ1) is 21.6. The fourth-order valence-electron chi connectivity index (χ4n) is 3.27. The number of nitrogens with one attached hydrogen (secondary N) is 2. The van der Waals surface area contributed by atoms with E-state index in [9.17, 15) is 14.4 Å². The largest absolute Gasteiger partial charge is 0.491 e. The SMILES string of the molecule is CCOC(=O)C1=C(COC(=O)c2ccc(OC[C@@H]3CCCO3)cc2)NC(=O)N[C@@H]1C. The molecule has 1 fully saturated rings. The van der Waals surface area contributed by atoms with E-state index in [-0.39, 0.29) is 30.6 Å². The number of urea groups is 1. The Morgan fingerprint density at radius 3 is 2.60 bits per heavy atom. The Morgan fingerprint density at radius 1 is 1.17 bits per heavy atom. The van der Waals surface area contributed by atoms with Crippen LogP contribution in [0.2, 0.25) is 0 Å². The van der Waals surface area contributed by atoms with Crippen molar-refractivity contribution >= 4 is 18.0 Å². The van der Waals surface area contributed by atoms with E-state index in [0.29, 0.717) is 17.9 Å². The van der Waals surface area contributed by atoms with E-state index in [1.165, 1.54) is 0 Å². The lowest BCUT2D eigenvalue weighted by Gasteiger charge is -2.26. The van der Waals surface area contributed by atoms with E-state index in [4.69, 9.17) is 18.9 Å². The highest BCUT2D eigenvalue weighted by Gasteiger charge is 2.30. The average molecular weight is 418 g/mol. The molecule has 30 heavy (non-hydrogen) atoms. The van der Waals surface area contributed by atoms with Gasteiger partial charge in [0.05, 0.1) is 35.6 Å². The zero-order valence-corrected chi connectivity index (χ0v) is 17.1. The highest BCUT2D eigenvalue weighted by Crippen LogP contribution is 2.18. The Hall–Kier alpha value is -3.07. The fraction of sp³-hybridized carbons (Fsp3) is 0.476. The number of carbonyl (C=O) groups excluding carboxylic acids is 3. The molecule has 0 aliphatic carbocycles. The number of benzene rings is 1. The van der Waals surface area contributed by atoms with Crippen LogP contribution in [0.5, 0.6) is 5.75 Å². The maximum absolute atomic E-state index is 12.4. The first-order chi connectivity index (χ1) is 14.5. The molecule has 9 heteroatoms. The molecule has 2 atom stereocenters. The predicted molar refractivity (Wildman–Crippen MR) is 106 cm³/mol. The highest BCUT2D eigenvalue weighted by molar-refractivity contribution is 5.95. The first-order valence-electron chi connectivity index (χ1n) is 9.97. The summed E-state index contributed by atoms with van der Waals surface area (Å²) in [5.74, 6) is -0.526. The molecule has 2 amide bonds. The van der Waals surface area contributed by atoms with Crippen LogP contribution in [-0.2, 0) is 19.0 Å². The molecular weight excluding hydrogens is 392 g/mol. The first-order valence-corrected chi connectivity index (χ1v) is 9.97. The molecule has 0 aromatic heterocycles. The molecule has 1 aromatic carbocycles. The number of hydrogen-bond acceptors (Lipinski definition) is 7. The molecule has 1 saturated heterocycles. The van der Waals surface area contributed by atoms with Crippen LogP contribution in [0.25, 0.3) is 0 Å². The van der Waals surface area contributed by atoms with Gasteiger partial charge >= 0.3 is 18.0 Å². The molecule has 0 radical (unpaired) electrons. The number of carbonyl (C=O) groups is 3. The van der Waals surface area contributed by atoms with Crippen LogP contribution < -0.4 is 15.4 Å². The van der Waals surface area contributed by atoms with Crippen molar-refractivity contribution in [2.75, 3.05) is 26.4 Å². The average Bonchev–Trinajstić information content (AvgIpc) is 3.24. The Bertz CT molecular complexity index is 813. The van der Waals surface area contributed by atoms with Crippen molar-refractivity contribution in [2.45, 2.75) is 38.8 Å². The minimum Gasteiger partial charge on any atom is -0.491 e. The summed E-state index contributed by atoms with van der Waals surface area (Å²) in [5, 5.41) is 5.10. The minimum absolute atomic E-state index is 0.110. The Kier molecular flexibility index (Phi) is 7.29. The maximum Gasteiger partial charge on any atom is 0.338 e. The van der Waals surface area contributed by atoms with Gasteiger partial charge in [0.2, 0.25) is 0 Å². The molecule has 162 valence electrons. The van der Waals surface area contributed by atoms with E-state index < -0.39 is 24.0 Å². The fourth-order valence-corrected chi connectivity index (χ4v) is 3.27. The van der Waals surface area contributed by atoms with Gasteiger partial charge in [-0.2, -0.15) is 0 Å². The van der Waals surface area contributed by atoms with Crippen molar-refractivity contribution in [1.82, 2.24) is 10.6 Å². The molecule has 0 saturated carbocycles. The molecule has 2 aliphatic rings. The lowest BCUT2D eigenvalue weighted by atomic mass is 10.0. The molecule has 2 heterocycles. The van der Waals surface area contributed by atoms with Crippen LogP contribution in [0, 0.1) is 0 Å². The van der Waals surface area contributed by atoms with Crippen molar-refractivity contribution in [1.29, 1.82) is 0 Å². The van der Waals surface area contributed by atoms with Crippen LogP contribution in [0.1, 0.15) is 37.0 Å². The lowest BCUT2D eigenvalue weighted by molar-refractivity contribution is -0.139. The summed E-state index contributed by atoms with van der Waals surface area (Å²) in [6.45, 7) is 4.51. The maximum atomic E-state index is 12.4. The number of esters is 2. The lowest BCUT2D eigenvalue weighted by Crippen LogP contribution is -2.50. The normalized spacial score (nSPS) is 20.9. The van der Waals surface area contributed by atoms with E-state index in [1.807, 2.05) is 0 Å². The van der Waals surface area contributed by atoms with E-state index in [1.54, 1.807) is 38.1 Å².